The minimum atomic E-state index is -2.45. The maximum absolute atomic E-state index is 7.99. The van der Waals surface area contributed by atoms with Crippen LogP contribution in [0.15, 0.2) is 95.9 Å². The van der Waals surface area contributed by atoms with E-state index in [4.69, 9.17) is 23.1 Å². The van der Waals surface area contributed by atoms with Crippen LogP contribution in [0.1, 0.15) is 94.2 Å². The van der Waals surface area contributed by atoms with Crippen molar-refractivity contribution in [3.05, 3.63) is 102 Å². The molecular formula is C44H68O5SSi2. The summed E-state index contributed by atoms with van der Waals surface area (Å²) in [5.41, 5.74) is 4.27. The van der Waals surface area contributed by atoms with E-state index in [1.807, 2.05) is 6.07 Å². The van der Waals surface area contributed by atoms with E-state index in [1.165, 1.54) is 0 Å². The number of rotatable bonds is 19. The number of hydrogen-bond donors (Lipinski definition) is 0. The van der Waals surface area contributed by atoms with Gasteiger partial charge in [0.15, 0.2) is 0 Å². The zero-order valence-electron chi connectivity index (χ0n) is 34.1. The van der Waals surface area contributed by atoms with Crippen molar-refractivity contribution < 1.29 is 23.1 Å². The average Bonchev–Trinajstić information content (AvgIpc) is 3.10. The van der Waals surface area contributed by atoms with Crippen LogP contribution in [0.4, 0.5) is 0 Å². The van der Waals surface area contributed by atoms with Gasteiger partial charge in [-0.1, -0.05) is 174 Å². The molecule has 0 spiro atoms. The molecule has 8 heteroatoms. The molecule has 3 aromatic carbocycles. The van der Waals surface area contributed by atoms with Crippen molar-refractivity contribution >= 4 is 28.4 Å². The normalized spacial score (nSPS) is 21.7. The minimum absolute atomic E-state index is 0.340. The van der Waals surface area contributed by atoms with Gasteiger partial charge >= 0.3 is 0 Å². The molecule has 1 aliphatic rings. The summed E-state index contributed by atoms with van der Waals surface area (Å²) in [6.45, 7) is 29.7. The zero-order valence-corrected chi connectivity index (χ0v) is 36.9. The van der Waals surface area contributed by atoms with Crippen molar-refractivity contribution in [2.45, 2.75) is 164 Å². The molecule has 5 nitrogen and oxygen atoms in total. The maximum atomic E-state index is 7.99. The Hall–Kier alpha value is -1.76. The summed E-state index contributed by atoms with van der Waals surface area (Å²) in [5, 5.41) is 0. The smallest absolute Gasteiger partial charge is 0.201 e. The lowest BCUT2D eigenvalue weighted by Crippen LogP contribution is -2.67. The summed E-state index contributed by atoms with van der Waals surface area (Å²) in [7, 11) is -4.88. The van der Waals surface area contributed by atoms with Crippen LogP contribution in [-0.2, 0) is 36.3 Å². The average molecular weight is 765 g/mol. The molecule has 0 radical (unpaired) electrons. The van der Waals surface area contributed by atoms with Crippen molar-refractivity contribution in [3.63, 3.8) is 0 Å². The summed E-state index contributed by atoms with van der Waals surface area (Å²) < 4.78 is 36.9. The Labute approximate surface area is 323 Å². The molecule has 0 N–H and O–H groups in total. The fraction of sp³-hybridized carbons (Fsp3) is 0.591. The molecule has 0 aromatic heterocycles. The van der Waals surface area contributed by atoms with Crippen LogP contribution in [0.5, 0.6) is 0 Å². The van der Waals surface area contributed by atoms with Gasteiger partial charge in [-0.15, -0.1) is 0 Å². The molecule has 3 aromatic rings. The third-order valence-corrected chi connectivity index (χ3v) is 24.7. The lowest BCUT2D eigenvalue weighted by atomic mass is 10.00. The van der Waals surface area contributed by atoms with Crippen LogP contribution in [0.25, 0.3) is 0 Å². The molecule has 1 heterocycles. The van der Waals surface area contributed by atoms with Crippen LogP contribution in [-0.4, -0.2) is 53.1 Å². The molecule has 4 rings (SSSR count). The van der Waals surface area contributed by atoms with E-state index in [0.29, 0.717) is 53.1 Å². The van der Waals surface area contributed by atoms with Crippen molar-refractivity contribution in [1.82, 2.24) is 0 Å². The highest BCUT2D eigenvalue weighted by Crippen LogP contribution is 2.50. The predicted molar refractivity (Wildman–Crippen MR) is 224 cm³/mol. The van der Waals surface area contributed by atoms with Crippen molar-refractivity contribution in [1.29, 1.82) is 0 Å². The number of thioether (sulfide) groups is 1. The van der Waals surface area contributed by atoms with E-state index in [0.717, 1.165) is 16.0 Å². The van der Waals surface area contributed by atoms with E-state index in [9.17, 15) is 0 Å². The van der Waals surface area contributed by atoms with Crippen LogP contribution in [0.2, 0.25) is 33.2 Å². The van der Waals surface area contributed by atoms with E-state index < -0.39 is 16.6 Å². The monoisotopic (exact) mass is 764 g/mol. The summed E-state index contributed by atoms with van der Waals surface area (Å²) >= 11 is 1.72. The summed E-state index contributed by atoms with van der Waals surface area (Å²) in [6, 6.07) is 31.4. The van der Waals surface area contributed by atoms with Gasteiger partial charge in [0, 0.05) is 4.90 Å². The first-order valence-corrected chi connectivity index (χ1v) is 24.9. The second-order valence-electron chi connectivity index (χ2n) is 16.5. The fourth-order valence-corrected chi connectivity index (χ4v) is 21.4. The van der Waals surface area contributed by atoms with Crippen LogP contribution in [0.3, 0.4) is 0 Å². The summed E-state index contributed by atoms with van der Waals surface area (Å²) in [5.74, 6) is 0. The highest BCUT2D eigenvalue weighted by molar-refractivity contribution is 7.99. The zero-order chi connectivity index (χ0) is 38.1. The van der Waals surface area contributed by atoms with Crippen molar-refractivity contribution in [2.75, 3.05) is 6.61 Å². The molecule has 0 amide bonds. The second-order valence-corrected chi connectivity index (χ2v) is 28.5. The van der Waals surface area contributed by atoms with Crippen LogP contribution < -0.4 is 0 Å². The number of hydrogen-bond acceptors (Lipinski definition) is 6. The van der Waals surface area contributed by atoms with E-state index in [1.54, 1.807) is 11.8 Å². The first-order valence-electron chi connectivity index (χ1n) is 19.7. The Kier molecular flexibility index (Phi) is 16.3. The largest absolute Gasteiger partial charge is 0.408 e. The highest BCUT2D eigenvalue weighted by atomic mass is 32.2. The molecule has 0 saturated carbocycles. The second kappa shape index (κ2) is 19.7. The quantitative estimate of drug-likeness (QED) is 0.113. The minimum Gasteiger partial charge on any atom is -0.408 e. The van der Waals surface area contributed by atoms with Crippen molar-refractivity contribution in [3.8, 4) is 0 Å². The number of benzene rings is 3. The topological polar surface area (TPSA) is 46.2 Å². The van der Waals surface area contributed by atoms with Gasteiger partial charge in [0.05, 0.1) is 19.8 Å². The standard InChI is InChI=1S/C44H68O5SSi2/c1-31(2)51(32(3)4,33(5)6)48-41-40(30-45-28-37-22-16-13-17-23-37)47-44(50-39-26-20-15-21-27-39)43(46-29-38-24-18-14-19-25-38)42(41)49-52(34(7)8,35(9)10)36(11)12/h13-27,31-36,40-44H,28-30H2,1-12H3/t40?,41-,42?,43?,44+/m1/s1. The summed E-state index contributed by atoms with van der Waals surface area (Å²) in [4.78, 5) is 1.14. The predicted octanol–water partition coefficient (Wildman–Crippen LogP) is 12.4. The summed E-state index contributed by atoms with van der Waals surface area (Å²) in [6.07, 6.45) is -1.47. The van der Waals surface area contributed by atoms with Gasteiger partial charge in [0.1, 0.15) is 29.9 Å². The first-order chi connectivity index (χ1) is 24.7. The van der Waals surface area contributed by atoms with Gasteiger partial charge in [0.25, 0.3) is 0 Å². The molecule has 1 aliphatic heterocycles. The fourth-order valence-electron chi connectivity index (χ4n) is 9.11. The Morgan fingerprint density at radius 1 is 0.519 bits per heavy atom. The molecular weight excluding hydrogens is 697 g/mol. The highest BCUT2D eigenvalue weighted by Gasteiger charge is 2.58. The van der Waals surface area contributed by atoms with E-state index in [2.05, 4.69) is 168 Å². The van der Waals surface area contributed by atoms with Crippen LogP contribution >= 0.6 is 11.8 Å². The lowest BCUT2D eigenvalue weighted by Gasteiger charge is -2.55. The molecule has 288 valence electrons. The number of ether oxygens (including phenoxy) is 3. The molecule has 3 unspecified atom stereocenters. The molecule has 0 bridgehead atoms. The Balaban J connectivity index is 1.91. The molecule has 5 atom stereocenters. The Bertz CT molecular complexity index is 1390. The van der Waals surface area contributed by atoms with E-state index >= 15 is 0 Å². The van der Waals surface area contributed by atoms with Crippen LogP contribution in [0, 0.1) is 0 Å². The van der Waals surface area contributed by atoms with Gasteiger partial charge in [-0.2, -0.15) is 0 Å². The van der Waals surface area contributed by atoms with Gasteiger partial charge < -0.3 is 23.1 Å². The van der Waals surface area contributed by atoms with Crippen molar-refractivity contribution in [2.24, 2.45) is 0 Å². The molecule has 52 heavy (non-hydrogen) atoms. The third-order valence-electron chi connectivity index (χ3n) is 11.4. The van der Waals surface area contributed by atoms with Gasteiger partial charge in [-0.25, -0.2) is 0 Å². The van der Waals surface area contributed by atoms with Gasteiger partial charge in [-0.3, -0.25) is 0 Å². The molecule has 0 aliphatic carbocycles. The Morgan fingerprint density at radius 3 is 1.37 bits per heavy atom. The maximum Gasteiger partial charge on any atom is 0.201 e. The third kappa shape index (κ3) is 10.1. The SMILES string of the molecule is CC(C)[Si](OC1C(OCc2ccccc2)[C@H](Sc2ccccc2)OC(COCc2ccccc2)[C@H]1O[Si](C(C)C)(C(C)C)C(C)C)(C(C)C)C(C)C. The van der Waals surface area contributed by atoms with Gasteiger partial charge in [0.2, 0.25) is 16.6 Å². The van der Waals surface area contributed by atoms with E-state index in [-0.39, 0.29) is 29.9 Å². The lowest BCUT2D eigenvalue weighted by molar-refractivity contribution is -0.218. The van der Waals surface area contributed by atoms with Gasteiger partial charge in [-0.05, 0) is 56.5 Å². The molecule has 1 fully saturated rings. The first kappa shape index (κ1) is 43.0. The Morgan fingerprint density at radius 2 is 0.923 bits per heavy atom. The molecule has 1 saturated heterocycles.